The topological polar surface area (TPSA) is 45.0 Å². The Hall–Kier alpha value is -1.53. The molecule has 0 spiro atoms. The van der Waals surface area contributed by atoms with Gasteiger partial charge >= 0.3 is 0 Å². The fraction of sp³-hybridized carbons (Fsp3) is 0.562. The highest BCUT2D eigenvalue weighted by molar-refractivity contribution is 5.51. The molecule has 0 amide bonds. The molecule has 1 N–H and O–H groups in total. The predicted octanol–water partition coefficient (Wildman–Crippen LogP) is 3.63. The number of hydrogen-bond acceptors (Lipinski definition) is 3. The van der Waals surface area contributed by atoms with Gasteiger partial charge in [-0.15, -0.1) is 0 Å². The summed E-state index contributed by atoms with van der Waals surface area (Å²) in [6.45, 7) is 3.54. The molecular weight excluding hydrogens is 236 g/mol. The highest BCUT2D eigenvalue weighted by atomic mass is 16.5. The number of benzene rings is 1. The van der Waals surface area contributed by atoms with Gasteiger partial charge in [-0.25, -0.2) is 0 Å². The van der Waals surface area contributed by atoms with Crippen LogP contribution in [0.2, 0.25) is 0 Å². The van der Waals surface area contributed by atoms with Crippen LogP contribution in [-0.4, -0.2) is 19.3 Å². The summed E-state index contributed by atoms with van der Waals surface area (Å²) in [7, 11) is 0. The van der Waals surface area contributed by atoms with Crippen molar-refractivity contribution in [3.8, 4) is 6.07 Å². The number of ether oxygens (including phenoxy) is 1. The van der Waals surface area contributed by atoms with Gasteiger partial charge in [-0.3, -0.25) is 0 Å². The van der Waals surface area contributed by atoms with Crippen LogP contribution in [0.5, 0.6) is 0 Å². The van der Waals surface area contributed by atoms with Crippen LogP contribution in [0.25, 0.3) is 0 Å². The summed E-state index contributed by atoms with van der Waals surface area (Å²) in [4.78, 5) is 0. The average molecular weight is 258 g/mol. The number of anilines is 1. The van der Waals surface area contributed by atoms with Gasteiger partial charge < -0.3 is 10.1 Å². The third-order valence-corrected chi connectivity index (χ3v) is 3.68. The first-order valence-corrected chi connectivity index (χ1v) is 7.16. The van der Waals surface area contributed by atoms with Crippen LogP contribution in [0.1, 0.15) is 43.2 Å². The lowest BCUT2D eigenvalue weighted by atomic mass is 9.98. The Bertz CT molecular complexity index is 445. The van der Waals surface area contributed by atoms with Crippen molar-refractivity contribution in [3.63, 3.8) is 0 Å². The summed E-state index contributed by atoms with van der Waals surface area (Å²) in [5.41, 5.74) is 2.81. The maximum atomic E-state index is 8.88. The molecule has 0 saturated heterocycles. The van der Waals surface area contributed by atoms with Crippen molar-refractivity contribution in [3.05, 3.63) is 29.3 Å². The predicted molar refractivity (Wildman–Crippen MR) is 77.2 cm³/mol. The molecule has 1 aliphatic carbocycles. The zero-order chi connectivity index (χ0) is 13.5. The van der Waals surface area contributed by atoms with E-state index in [1.54, 1.807) is 0 Å². The smallest absolute Gasteiger partial charge is 0.0994 e. The molecular formula is C16H22N2O. The lowest BCUT2D eigenvalue weighted by Gasteiger charge is -2.22. The van der Waals surface area contributed by atoms with Crippen LogP contribution in [0.15, 0.2) is 18.2 Å². The molecule has 1 aromatic rings. The van der Waals surface area contributed by atoms with Gasteiger partial charge in [0.05, 0.1) is 24.3 Å². The van der Waals surface area contributed by atoms with Gasteiger partial charge in [-0.1, -0.05) is 19.3 Å². The minimum absolute atomic E-state index is 0.471. The lowest BCUT2D eigenvalue weighted by molar-refractivity contribution is 0.0347. The van der Waals surface area contributed by atoms with E-state index in [0.717, 1.165) is 30.0 Å². The second-order valence-corrected chi connectivity index (χ2v) is 5.20. The highest BCUT2D eigenvalue weighted by Crippen LogP contribution is 2.20. The van der Waals surface area contributed by atoms with Gasteiger partial charge in [-0.2, -0.15) is 5.26 Å². The molecule has 1 fully saturated rings. The minimum Gasteiger partial charge on any atom is -0.383 e. The van der Waals surface area contributed by atoms with E-state index in [0.29, 0.717) is 6.10 Å². The average Bonchev–Trinajstić information content (AvgIpc) is 2.45. The van der Waals surface area contributed by atoms with Gasteiger partial charge in [-0.05, 0) is 43.5 Å². The normalized spacial score (nSPS) is 16.0. The number of rotatable bonds is 5. The number of aryl methyl sites for hydroxylation is 1. The monoisotopic (exact) mass is 258 g/mol. The van der Waals surface area contributed by atoms with Crippen LogP contribution in [0.4, 0.5) is 5.69 Å². The van der Waals surface area contributed by atoms with Crippen LogP contribution < -0.4 is 5.32 Å². The third-order valence-electron chi connectivity index (χ3n) is 3.68. The van der Waals surface area contributed by atoms with E-state index in [4.69, 9.17) is 10.00 Å². The van der Waals surface area contributed by atoms with Gasteiger partial charge in [0.15, 0.2) is 0 Å². The maximum absolute atomic E-state index is 8.88. The van der Waals surface area contributed by atoms with E-state index < -0.39 is 0 Å². The number of nitrogens with one attached hydrogen (secondary N) is 1. The van der Waals surface area contributed by atoms with Crippen molar-refractivity contribution in [2.45, 2.75) is 45.1 Å². The summed E-state index contributed by atoms with van der Waals surface area (Å²) >= 11 is 0. The molecule has 2 rings (SSSR count). The van der Waals surface area contributed by atoms with E-state index in [-0.39, 0.29) is 0 Å². The first-order chi connectivity index (χ1) is 9.29. The van der Waals surface area contributed by atoms with E-state index in [9.17, 15) is 0 Å². The molecule has 1 aliphatic rings. The SMILES string of the molecule is Cc1cc(NCCOC2CCCCC2)ccc1C#N. The van der Waals surface area contributed by atoms with Crippen LogP contribution in [0.3, 0.4) is 0 Å². The fourth-order valence-electron chi connectivity index (χ4n) is 2.55. The first kappa shape index (κ1) is 13.9. The molecule has 1 aromatic carbocycles. The van der Waals surface area contributed by atoms with Crippen LogP contribution >= 0.6 is 0 Å². The van der Waals surface area contributed by atoms with E-state index in [2.05, 4.69) is 11.4 Å². The third kappa shape index (κ3) is 4.25. The Morgan fingerprint density at radius 3 is 2.79 bits per heavy atom. The van der Waals surface area contributed by atoms with Crippen LogP contribution in [-0.2, 0) is 4.74 Å². The Labute approximate surface area is 115 Å². The Balaban J connectivity index is 1.70. The second kappa shape index (κ2) is 7.16. The molecule has 0 heterocycles. The van der Waals surface area contributed by atoms with E-state index >= 15 is 0 Å². The zero-order valence-corrected chi connectivity index (χ0v) is 11.6. The zero-order valence-electron chi connectivity index (χ0n) is 11.6. The summed E-state index contributed by atoms with van der Waals surface area (Å²) < 4.78 is 5.86. The molecule has 0 radical (unpaired) electrons. The number of hydrogen-bond donors (Lipinski definition) is 1. The fourth-order valence-corrected chi connectivity index (χ4v) is 2.55. The van der Waals surface area contributed by atoms with Crippen molar-refractivity contribution >= 4 is 5.69 Å². The second-order valence-electron chi connectivity index (χ2n) is 5.20. The summed E-state index contributed by atoms with van der Waals surface area (Å²) in [5, 5.41) is 12.2. The molecule has 1 saturated carbocycles. The van der Waals surface area contributed by atoms with E-state index in [1.165, 1.54) is 32.1 Å². The quantitative estimate of drug-likeness (QED) is 0.820. The Morgan fingerprint density at radius 1 is 1.32 bits per heavy atom. The van der Waals surface area contributed by atoms with Crippen molar-refractivity contribution in [2.24, 2.45) is 0 Å². The van der Waals surface area contributed by atoms with E-state index in [1.807, 2.05) is 25.1 Å². The maximum Gasteiger partial charge on any atom is 0.0994 e. The van der Waals surface area contributed by atoms with Crippen molar-refractivity contribution in [1.29, 1.82) is 5.26 Å². The molecule has 0 atom stereocenters. The molecule has 3 heteroatoms. The summed E-state index contributed by atoms with van der Waals surface area (Å²) in [5.74, 6) is 0. The molecule has 3 nitrogen and oxygen atoms in total. The molecule has 0 bridgehead atoms. The van der Waals surface area contributed by atoms with Gasteiger partial charge in [0, 0.05) is 12.2 Å². The summed E-state index contributed by atoms with van der Waals surface area (Å²) in [6.07, 6.45) is 6.90. The molecule has 19 heavy (non-hydrogen) atoms. The Morgan fingerprint density at radius 2 is 2.11 bits per heavy atom. The van der Waals surface area contributed by atoms with Crippen molar-refractivity contribution < 1.29 is 4.74 Å². The molecule has 0 unspecified atom stereocenters. The molecule has 0 aromatic heterocycles. The van der Waals surface area contributed by atoms with Gasteiger partial charge in [0.1, 0.15) is 0 Å². The standard InChI is InChI=1S/C16H22N2O/c1-13-11-15(8-7-14(13)12-17)18-9-10-19-16-5-3-2-4-6-16/h7-8,11,16,18H,2-6,9-10H2,1H3. The van der Waals surface area contributed by atoms with Crippen molar-refractivity contribution in [1.82, 2.24) is 0 Å². The number of nitrogens with zero attached hydrogens (tertiary/aromatic N) is 1. The van der Waals surface area contributed by atoms with Gasteiger partial charge in [0.25, 0.3) is 0 Å². The summed E-state index contributed by atoms with van der Waals surface area (Å²) in [6, 6.07) is 8.00. The van der Waals surface area contributed by atoms with Gasteiger partial charge in [0.2, 0.25) is 0 Å². The largest absolute Gasteiger partial charge is 0.383 e. The Kier molecular flexibility index (Phi) is 5.23. The first-order valence-electron chi connectivity index (χ1n) is 7.16. The van der Waals surface area contributed by atoms with Crippen molar-refractivity contribution in [2.75, 3.05) is 18.5 Å². The highest BCUT2D eigenvalue weighted by Gasteiger charge is 2.12. The van der Waals surface area contributed by atoms with Crippen LogP contribution in [0, 0.1) is 18.3 Å². The lowest BCUT2D eigenvalue weighted by Crippen LogP contribution is -2.20. The number of nitriles is 1. The molecule has 102 valence electrons. The minimum atomic E-state index is 0.471. The molecule has 0 aliphatic heterocycles.